The zero-order valence-electron chi connectivity index (χ0n) is 14.5. The van der Waals surface area contributed by atoms with Crippen LogP contribution in [0.25, 0.3) is 0 Å². The van der Waals surface area contributed by atoms with Crippen LogP contribution in [0.3, 0.4) is 0 Å². The second-order valence-electron chi connectivity index (χ2n) is 5.49. The van der Waals surface area contributed by atoms with Gasteiger partial charge in [-0.15, -0.1) is 0 Å². The molecule has 144 valence electrons. The molecule has 0 bridgehead atoms. The van der Waals surface area contributed by atoms with E-state index in [1.807, 2.05) is 6.07 Å². The number of alkyl halides is 2. The number of halogens is 2. The van der Waals surface area contributed by atoms with Crippen LogP contribution < -0.4 is 9.47 Å². The van der Waals surface area contributed by atoms with Gasteiger partial charge in [0.1, 0.15) is 24.7 Å². The molecule has 6 nitrogen and oxygen atoms in total. The molecule has 0 atom stereocenters. The summed E-state index contributed by atoms with van der Waals surface area (Å²) in [6.45, 7) is -0.570. The molecule has 0 N–H and O–H groups in total. The van der Waals surface area contributed by atoms with Crippen molar-refractivity contribution in [2.24, 2.45) is 0 Å². The Morgan fingerprint density at radius 2 is 1.81 bits per heavy atom. The molecule has 0 saturated heterocycles. The number of nitriles is 1. The van der Waals surface area contributed by atoms with Gasteiger partial charge in [-0.25, -0.2) is 17.2 Å². The minimum Gasteiger partial charge on any atom is -0.492 e. The highest BCUT2D eigenvalue weighted by Gasteiger charge is 2.20. The van der Waals surface area contributed by atoms with Gasteiger partial charge in [0.25, 0.3) is 6.43 Å². The molecule has 0 aliphatic heterocycles. The van der Waals surface area contributed by atoms with Crippen LogP contribution in [0.1, 0.15) is 5.56 Å². The SMILES string of the molecule is CN(CCOc1cccc(C#N)c1)S(=O)(=O)c1ccc(OCC(F)F)cc1. The first kappa shape index (κ1) is 20.6. The van der Waals surface area contributed by atoms with Gasteiger partial charge in [0.15, 0.2) is 0 Å². The van der Waals surface area contributed by atoms with E-state index in [0.29, 0.717) is 11.3 Å². The number of nitrogens with zero attached hydrogens (tertiary/aromatic N) is 2. The molecule has 0 aliphatic rings. The zero-order chi connectivity index (χ0) is 19.9. The number of hydrogen-bond donors (Lipinski definition) is 0. The molecule has 2 rings (SSSR count). The van der Waals surface area contributed by atoms with Crippen LogP contribution in [0.2, 0.25) is 0 Å². The van der Waals surface area contributed by atoms with Gasteiger partial charge in [0, 0.05) is 13.6 Å². The number of hydrogen-bond acceptors (Lipinski definition) is 5. The Kier molecular flexibility index (Phi) is 7.10. The van der Waals surface area contributed by atoms with E-state index >= 15 is 0 Å². The molecule has 0 unspecified atom stereocenters. The highest BCUT2D eigenvalue weighted by Crippen LogP contribution is 2.19. The third-order valence-corrected chi connectivity index (χ3v) is 5.42. The summed E-state index contributed by atoms with van der Waals surface area (Å²) in [5, 5.41) is 8.85. The molecule has 0 saturated carbocycles. The van der Waals surface area contributed by atoms with Crippen molar-refractivity contribution in [2.45, 2.75) is 11.3 Å². The molecule has 0 spiro atoms. The molecule has 0 aliphatic carbocycles. The fourth-order valence-corrected chi connectivity index (χ4v) is 3.27. The van der Waals surface area contributed by atoms with Crippen LogP contribution in [0, 0.1) is 11.3 Å². The molecular weight excluding hydrogens is 378 g/mol. The van der Waals surface area contributed by atoms with E-state index in [-0.39, 0.29) is 23.8 Å². The van der Waals surface area contributed by atoms with Gasteiger partial charge < -0.3 is 9.47 Å². The van der Waals surface area contributed by atoms with E-state index in [4.69, 9.17) is 14.7 Å². The van der Waals surface area contributed by atoms with Crippen LogP contribution in [0.5, 0.6) is 11.5 Å². The van der Waals surface area contributed by atoms with Crippen molar-refractivity contribution in [1.82, 2.24) is 4.31 Å². The Bertz CT molecular complexity index is 896. The summed E-state index contributed by atoms with van der Waals surface area (Å²) in [6, 6.07) is 13.8. The largest absolute Gasteiger partial charge is 0.492 e. The molecule has 0 fully saturated rings. The van der Waals surface area contributed by atoms with E-state index in [1.165, 1.54) is 31.3 Å². The number of benzene rings is 2. The highest BCUT2D eigenvalue weighted by molar-refractivity contribution is 7.89. The quantitative estimate of drug-likeness (QED) is 0.651. The predicted molar refractivity (Wildman–Crippen MR) is 94.4 cm³/mol. The maximum atomic E-state index is 12.5. The van der Waals surface area contributed by atoms with Crippen molar-refractivity contribution in [2.75, 3.05) is 26.8 Å². The van der Waals surface area contributed by atoms with Gasteiger partial charge >= 0.3 is 0 Å². The Balaban J connectivity index is 1.94. The number of ether oxygens (including phenoxy) is 2. The lowest BCUT2D eigenvalue weighted by Gasteiger charge is -2.18. The number of rotatable bonds is 9. The van der Waals surface area contributed by atoms with E-state index in [0.717, 1.165) is 4.31 Å². The Morgan fingerprint density at radius 1 is 1.11 bits per heavy atom. The average Bonchev–Trinajstić information content (AvgIpc) is 2.66. The smallest absolute Gasteiger partial charge is 0.272 e. The summed E-state index contributed by atoms with van der Waals surface area (Å²) in [7, 11) is -2.35. The molecule has 2 aromatic carbocycles. The molecular formula is C18H18F2N2O4S. The summed E-state index contributed by atoms with van der Waals surface area (Å²) in [4.78, 5) is 0.0147. The predicted octanol–water partition coefficient (Wildman–Crippen LogP) is 2.90. The number of likely N-dealkylation sites (N-methyl/N-ethyl adjacent to an activating group) is 1. The highest BCUT2D eigenvalue weighted by atomic mass is 32.2. The maximum absolute atomic E-state index is 12.5. The summed E-state index contributed by atoms with van der Waals surface area (Å²) in [5.41, 5.74) is 0.447. The van der Waals surface area contributed by atoms with Gasteiger partial charge in [-0.2, -0.15) is 9.57 Å². The first-order valence-corrected chi connectivity index (χ1v) is 9.37. The van der Waals surface area contributed by atoms with Gasteiger partial charge in [0.05, 0.1) is 16.5 Å². The summed E-state index contributed by atoms with van der Waals surface area (Å²) in [6.07, 6.45) is -2.60. The normalized spacial score (nSPS) is 11.4. The van der Waals surface area contributed by atoms with Crippen LogP contribution >= 0.6 is 0 Å². The van der Waals surface area contributed by atoms with Crippen LogP contribution in [-0.4, -0.2) is 46.0 Å². The fraction of sp³-hybridized carbons (Fsp3) is 0.278. The second kappa shape index (κ2) is 9.30. The average molecular weight is 396 g/mol. The Hall–Kier alpha value is -2.70. The van der Waals surface area contributed by atoms with Crippen molar-refractivity contribution >= 4 is 10.0 Å². The van der Waals surface area contributed by atoms with Crippen molar-refractivity contribution in [1.29, 1.82) is 5.26 Å². The van der Waals surface area contributed by atoms with Crippen molar-refractivity contribution in [3.05, 3.63) is 54.1 Å². The molecule has 0 aromatic heterocycles. The summed E-state index contributed by atoms with van der Waals surface area (Å²) >= 11 is 0. The topological polar surface area (TPSA) is 79.6 Å². The molecule has 0 heterocycles. The van der Waals surface area contributed by atoms with Crippen molar-refractivity contribution < 1.29 is 26.7 Å². The first-order valence-electron chi connectivity index (χ1n) is 7.93. The summed E-state index contributed by atoms with van der Waals surface area (Å²) < 4.78 is 60.7. The van der Waals surface area contributed by atoms with E-state index in [1.54, 1.807) is 24.3 Å². The van der Waals surface area contributed by atoms with E-state index < -0.39 is 23.1 Å². The van der Waals surface area contributed by atoms with Gasteiger partial charge in [-0.3, -0.25) is 0 Å². The van der Waals surface area contributed by atoms with Crippen molar-refractivity contribution in [3.63, 3.8) is 0 Å². The van der Waals surface area contributed by atoms with Gasteiger partial charge in [0.2, 0.25) is 10.0 Å². The van der Waals surface area contributed by atoms with Crippen molar-refractivity contribution in [3.8, 4) is 17.6 Å². The molecule has 0 radical (unpaired) electrons. The van der Waals surface area contributed by atoms with Crippen LogP contribution in [0.15, 0.2) is 53.4 Å². The molecule has 0 amide bonds. The minimum absolute atomic E-state index is 0.0147. The molecule has 2 aromatic rings. The minimum atomic E-state index is -3.76. The second-order valence-corrected chi connectivity index (χ2v) is 7.53. The van der Waals surface area contributed by atoms with Gasteiger partial charge in [-0.05, 0) is 42.5 Å². The third kappa shape index (κ3) is 5.91. The first-order chi connectivity index (χ1) is 12.8. The third-order valence-electron chi connectivity index (χ3n) is 3.55. The van der Waals surface area contributed by atoms with Crippen LogP contribution in [0.4, 0.5) is 8.78 Å². The molecule has 9 heteroatoms. The lowest BCUT2D eigenvalue weighted by Crippen LogP contribution is -2.31. The zero-order valence-corrected chi connectivity index (χ0v) is 15.3. The van der Waals surface area contributed by atoms with E-state index in [2.05, 4.69) is 0 Å². The van der Waals surface area contributed by atoms with Gasteiger partial charge in [-0.1, -0.05) is 6.07 Å². The number of sulfonamides is 1. The Morgan fingerprint density at radius 3 is 2.44 bits per heavy atom. The van der Waals surface area contributed by atoms with Crippen LogP contribution in [-0.2, 0) is 10.0 Å². The fourth-order valence-electron chi connectivity index (χ4n) is 2.11. The Labute approximate surface area is 156 Å². The lowest BCUT2D eigenvalue weighted by atomic mass is 10.2. The lowest BCUT2D eigenvalue weighted by molar-refractivity contribution is 0.0819. The standard InChI is InChI=1S/C18H18F2N2O4S/c1-22(9-10-25-16-4-2-3-14(11-16)12-21)27(23,24)17-7-5-15(6-8-17)26-13-18(19)20/h2-8,11,18H,9-10,13H2,1H3. The maximum Gasteiger partial charge on any atom is 0.272 e. The molecule has 27 heavy (non-hydrogen) atoms. The summed E-state index contributed by atoms with van der Waals surface area (Å²) in [5.74, 6) is 0.637. The monoisotopic (exact) mass is 396 g/mol. The van der Waals surface area contributed by atoms with E-state index in [9.17, 15) is 17.2 Å².